The van der Waals surface area contributed by atoms with Crippen molar-refractivity contribution in [1.29, 1.82) is 0 Å². The molecule has 1 heteroatoms. The normalized spacial score (nSPS) is 19.5. The highest BCUT2D eigenvalue weighted by Gasteiger charge is 2.00. The van der Waals surface area contributed by atoms with Crippen molar-refractivity contribution in [2.75, 3.05) is 0 Å². The van der Waals surface area contributed by atoms with Crippen LogP contribution in [0.5, 0.6) is 5.75 Å². The highest BCUT2D eigenvalue weighted by molar-refractivity contribution is 5.69. The lowest BCUT2D eigenvalue weighted by Crippen LogP contribution is -1.76. The average molecular weight is 179 g/mol. The van der Waals surface area contributed by atoms with Gasteiger partial charge in [-0.1, -0.05) is 48.3 Å². The maximum atomic E-state index is 9.99. The molecule has 0 amide bonds. The van der Waals surface area contributed by atoms with Crippen LogP contribution in [0.3, 0.4) is 0 Å². The van der Waals surface area contributed by atoms with Crippen LogP contribution in [0.4, 0.5) is 0 Å². The van der Waals surface area contributed by atoms with E-state index in [1.807, 2.05) is 0 Å². The van der Waals surface area contributed by atoms with Crippen molar-refractivity contribution in [3.05, 3.63) is 54.4 Å². The molecule has 0 aliphatic rings. The monoisotopic (exact) mass is 179 g/mol. The van der Waals surface area contributed by atoms with Gasteiger partial charge in [-0.3, -0.25) is 0 Å². The molecule has 0 aromatic heterocycles. The second-order valence-electron chi connectivity index (χ2n) is 2.22. The number of hydrogen-bond donors (Lipinski definition) is 1. The first-order chi connectivity index (χ1) is 10.1. The zero-order chi connectivity index (χ0) is 16.9. The van der Waals surface area contributed by atoms with E-state index in [4.69, 9.17) is 12.3 Å². The highest BCUT2D eigenvalue weighted by Crippen LogP contribution is 2.27. The Kier molecular flexibility index (Phi) is 0.666. The van der Waals surface area contributed by atoms with E-state index >= 15 is 0 Å². The minimum Gasteiger partial charge on any atom is -0.507 e. The molecular weight excluding hydrogens is 160 g/mol. The van der Waals surface area contributed by atoms with E-state index in [1.54, 1.807) is 0 Å². The predicted molar refractivity (Wildman–Crippen MR) is 53.5 cm³/mol. The molecule has 0 saturated heterocycles. The minimum atomic E-state index is -0.857. The fourth-order valence-corrected chi connectivity index (χ4v) is 0.862. The Morgan fingerprint density at radius 2 is 1.46 bits per heavy atom. The van der Waals surface area contributed by atoms with Gasteiger partial charge in [0, 0.05) is 5.56 Å². The van der Waals surface area contributed by atoms with Gasteiger partial charge in [0.1, 0.15) is 5.75 Å². The summed E-state index contributed by atoms with van der Waals surface area (Å²) in [5.41, 5.74) is -0.974. The molecule has 0 radical (unpaired) electrons. The number of rotatable bonds is 1. The summed E-state index contributed by atoms with van der Waals surface area (Å²) < 4.78 is 68.8. The molecule has 2 rings (SSSR count). The Hall–Kier alpha value is -1.76. The molecule has 1 N–H and O–H groups in total. The first kappa shape index (κ1) is 2.61. The SMILES string of the molecule is [2H]c1c([2H])c([2H])c(-c2c([2H])c([2H])c([2H])c([2H])c2O)c([2H])c1[2H]. The summed E-state index contributed by atoms with van der Waals surface area (Å²) in [6.07, 6.45) is 0. The van der Waals surface area contributed by atoms with Gasteiger partial charge in [-0.15, -0.1) is 0 Å². The molecule has 1 nitrogen and oxygen atoms in total. The number of phenolic OH excluding ortho intramolecular Hbond substituents is 1. The summed E-state index contributed by atoms with van der Waals surface area (Å²) in [6.45, 7) is 0. The van der Waals surface area contributed by atoms with E-state index in [-0.39, 0.29) is 0 Å². The Bertz CT molecular complexity index is 675. The molecule has 0 heterocycles. The summed E-state index contributed by atoms with van der Waals surface area (Å²) in [4.78, 5) is 0. The molecule has 64 valence electrons. The third-order valence-corrected chi connectivity index (χ3v) is 1.42. The van der Waals surface area contributed by atoms with Gasteiger partial charge >= 0.3 is 0 Å². The summed E-state index contributed by atoms with van der Waals surface area (Å²) >= 11 is 0. The van der Waals surface area contributed by atoms with Gasteiger partial charge in [0.25, 0.3) is 0 Å². The fraction of sp³-hybridized carbons (Fsp3) is 0. The van der Waals surface area contributed by atoms with Crippen LogP contribution in [0.15, 0.2) is 54.4 Å². The van der Waals surface area contributed by atoms with Crippen molar-refractivity contribution in [3.63, 3.8) is 0 Å². The van der Waals surface area contributed by atoms with E-state index in [9.17, 15) is 5.11 Å². The van der Waals surface area contributed by atoms with Crippen molar-refractivity contribution in [3.8, 4) is 16.9 Å². The third-order valence-electron chi connectivity index (χ3n) is 1.42. The average Bonchev–Trinajstić information content (AvgIpc) is 2.50. The Morgan fingerprint density at radius 1 is 0.846 bits per heavy atom. The smallest absolute Gasteiger partial charge is 0.123 e. The summed E-state index contributed by atoms with van der Waals surface area (Å²) in [5.74, 6) is -0.857. The fourth-order valence-electron chi connectivity index (χ4n) is 0.862. The number of phenols is 1. The van der Waals surface area contributed by atoms with Gasteiger partial charge in [-0.2, -0.15) is 0 Å². The first-order valence-corrected chi connectivity index (χ1v) is 3.47. The lowest BCUT2D eigenvalue weighted by molar-refractivity contribution is 0.477. The van der Waals surface area contributed by atoms with E-state index in [2.05, 4.69) is 0 Å². The van der Waals surface area contributed by atoms with Gasteiger partial charge in [0.05, 0.1) is 12.3 Å². The lowest BCUT2D eigenvalue weighted by Gasteiger charge is -2.02. The predicted octanol–water partition coefficient (Wildman–Crippen LogP) is 3.06. The Morgan fingerprint density at radius 3 is 2.23 bits per heavy atom. The number of benzene rings is 2. The highest BCUT2D eigenvalue weighted by atomic mass is 16.3. The minimum absolute atomic E-state index is 0.462. The molecule has 0 atom stereocenters. The molecule has 0 unspecified atom stereocenters. The van der Waals surface area contributed by atoms with Gasteiger partial charge in [0.15, 0.2) is 0 Å². The van der Waals surface area contributed by atoms with Crippen molar-refractivity contribution in [1.82, 2.24) is 0 Å². The maximum absolute atomic E-state index is 9.99. The number of hydrogen-bond acceptors (Lipinski definition) is 1. The van der Waals surface area contributed by atoms with E-state index < -0.39 is 71.3 Å². The molecule has 0 bridgehead atoms. The number of aromatic hydroxyl groups is 1. The van der Waals surface area contributed by atoms with Crippen molar-refractivity contribution in [2.45, 2.75) is 0 Å². The third kappa shape index (κ3) is 1.54. The van der Waals surface area contributed by atoms with Gasteiger partial charge in [-0.25, -0.2) is 0 Å². The standard InChI is InChI=1S/C12H10O/c13-12-9-5-4-8-11(12)10-6-2-1-3-7-10/h1-9,13H/i1D,2D,3D,4D,5D,6D,7D,8D,9D. The van der Waals surface area contributed by atoms with Crippen LogP contribution in [0.25, 0.3) is 11.1 Å². The van der Waals surface area contributed by atoms with Crippen molar-refractivity contribution in [2.24, 2.45) is 0 Å². The quantitative estimate of drug-likeness (QED) is 0.713. The van der Waals surface area contributed by atoms with Gasteiger partial charge in [0.2, 0.25) is 0 Å². The first-order valence-electron chi connectivity index (χ1n) is 7.97. The van der Waals surface area contributed by atoms with Crippen LogP contribution in [0.1, 0.15) is 12.3 Å². The summed E-state index contributed by atoms with van der Waals surface area (Å²) in [5, 5.41) is 9.99. The summed E-state index contributed by atoms with van der Waals surface area (Å²) in [6, 6.07) is -5.95. The van der Waals surface area contributed by atoms with Crippen LogP contribution < -0.4 is 0 Å². The topological polar surface area (TPSA) is 20.2 Å². The van der Waals surface area contributed by atoms with Gasteiger partial charge in [-0.05, 0) is 11.6 Å². The maximum Gasteiger partial charge on any atom is 0.123 e. The van der Waals surface area contributed by atoms with E-state index in [0.717, 1.165) is 0 Å². The Labute approximate surface area is 89.9 Å². The molecular formula is C12H10O. The van der Waals surface area contributed by atoms with Crippen LogP contribution in [-0.4, -0.2) is 5.11 Å². The molecule has 0 aliphatic heterocycles. The van der Waals surface area contributed by atoms with E-state index in [0.29, 0.717) is 0 Å². The van der Waals surface area contributed by atoms with Crippen LogP contribution in [0, 0.1) is 0 Å². The van der Waals surface area contributed by atoms with Crippen molar-refractivity contribution >= 4 is 0 Å². The second kappa shape index (κ2) is 3.31. The molecule has 0 spiro atoms. The molecule has 2 aromatic carbocycles. The molecule has 0 saturated carbocycles. The molecule has 13 heavy (non-hydrogen) atoms. The zero-order valence-corrected chi connectivity index (χ0v) is 6.45. The number of para-hydroxylation sites is 1. The Balaban J connectivity index is 3.03. The lowest BCUT2D eigenvalue weighted by atomic mass is 10.1. The second-order valence-corrected chi connectivity index (χ2v) is 2.22. The summed E-state index contributed by atoms with van der Waals surface area (Å²) in [7, 11) is 0. The van der Waals surface area contributed by atoms with E-state index in [1.165, 1.54) is 0 Å². The largest absolute Gasteiger partial charge is 0.507 e. The molecule has 0 fully saturated rings. The zero-order valence-electron chi connectivity index (χ0n) is 15.4. The van der Waals surface area contributed by atoms with Crippen LogP contribution in [0.2, 0.25) is 0 Å². The molecule has 0 aliphatic carbocycles. The van der Waals surface area contributed by atoms with Crippen molar-refractivity contribution < 1.29 is 17.4 Å². The van der Waals surface area contributed by atoms with Gasteiger partial charge < -0.3 is 5.11 Å². The van der Waals surface area contributed by atoms with Crippen LogP contribution >= 0.6 is 0 Å². The molecule has 2 aromatic rings. The van der Waals surface area contributed by atoms with Crippen LogP contribution in [-0.2, 0) is 0 Å².